The fraction of sp³-hybridized carbons (Fsp3) is 0. The molecule has 0 atom stereocenters. The maximum Gasteiger partial charge on any atom is 0.271 e. The summed E-state index contributed by atoms with van der Waals surface area (Å²) in [6, 6.07) is 22.2. The third kappa shape index (κ3) is 4.06. The van der Waals surface area contributed by atoms with Gasteiger partial charge in [-0.05, 0) is 30.3 Å². The second-order valence-electron chi connectivity index (χ2n) is 6.44. The quantitative estimate of drug-likeness (QED) is 0.349. The predicted octanol–water partition coefficient (Wildman–Crippen LogP) is 5.35. The molecular weight excluding hydrogens is 404 g/mol. The van der Waals surface area contributed by atoms with Gasteiger partial charge in [0.25, 0.3) is 11.6 Å². The monoisotopic (exact) mass is 418 g/mol. The Morgan fingerprint density at radius 1 is 1.00 bits per heavy atom. The number of para-hydroxylation sites is 1. The number of hydrogen-bond acceptors (Lipinski definition) is 4. The number of nitro benzene ring substituents is 1. The fourth-order valence-corrected chi connectivity index (χ4v) is 3.19. The van der Waals surface area contributed by atoms with E-state index in [2.05, 4.69) is 10.4 Å². The molecule has 0 bridgehead atoms. The Labute approximate surface area is 176 Å². The number of nitrogens with zero attached hydrogens (tertiary/aromatic N) is 3. The second-order valence-corrected chi connectivity index (χ2v) is 6.88. The number of halogens is 1. The zero-order valence-corrected chi connectivity index (χ0v) is 16.3. The largest absolute Gasteiger partial charge is 0.322 e. The number of nitro groups is 1. The molecule has 7 nitrogen and oxygen atoms in total. The predicted molar refractivity (Wildman–Crippen MR) is 115 cm³/mol. The van der Waals surface area contributed by atoms with Gasteiger partial charge < -0.3 is 5.32 Å². The van der Waals surface area contributed by atoms with Crippen molar-refractivity contribution in [2.75, 3.05) is 5.32 Å². The molecule has 1 amide bonds. The van der Waals surface area contributed by atoms with E-state index in [9.17, 15) is 14.9 Å². The summed E-state index contributed by atoms with van der Waals surface area (Å²) in [5, 5.41) is 18.8. The Bertz CT molecular complexity index is 1240. The first kappa shape index (κ1) is 19.4. The summed E-state index contributed by atoms with van der Waals surface area (Å²) in [6.45, 7) is 0. The summed E-state index contributed by atoms with van der Waals surface area (Å²) < 4.78 is 1.61. The van der Waals surface area contributed by atoms with E-state index in [1.807, 2.05) is 36.4 Å². The molecule has 0 aliphatic carbocycles. The molecule has 1 N–H and O–H groups in total. The molecule has 3 aromatic carbocycles. The molecule has 0 saturated carbocycles. The molecule has 30 heavy (non-hydrogen) atoms. The van der Waals surface area contributed by atoms with Gasteiger partial charge in [-0.1, -0.05) is 48.0 Å². The standard InChI is InChI=1S/C22H15ClN4O3/c23-16-7-4-6-15(12-16)21-20(14-26(25-21)18-9-2-1-3-10-18)22(28)24-17-8-5-11-19(13-17)27(29)30/h1-14H,(H,24,28). The average molecular weight is 419 g/mol. The summed E-state index contributed by atoms with van der Waals surface area (Å²) in [6.07, 6.45) is 1.62. The molecule has 0 saturated heterocycles. The molecule has 1 aromatic heterocycles. The molecule has 4 rings (SSSR count). The lowest BCUT2D eigenvalue weighted by molar-refractivity contribution is -0.384. The molecule has 0 fully saturated rings. The highest BCUT2D eigenvalue weighted by Gasteiger charge is 2.20. The first-order chi connectivity index (χ1) is 14.5. The van der Waals surface area contributed by atoms with E-state index in [1.54, 1.807) is 35.1 Å². The number of non-ortho nitro benzene ring substituents is 1. The highest BCUT2D eigenvalue weighted by molar-refractivity contribution is 6.30. The van der Waals surface area contributed by atoms with Crippen LogP contribution in [0.1, 0.15) is 10.4 Å². The summed E-state index contributed by atoms with van der Waals surface area (Å²) in [4.78, 5) is 23.5. The summed E-state index contributed by atoms with van der Waals surface area (Å²) in [5.41, 5.74) is 2.44. The van der Waals surface area contributed by atoms with Crippen molar-refractivity contribution in [1.82, 2.24) is 9.78 Å². The van der Waals surface area contributed by atoms with Crippen LogP contribution in [0.2, 0.25) is 5.02 Å². The van der Waals surface area contributed by atoms with E-state index in [0.29, 0.717) is 27.5 Å². The Hall–Kier alpha value is -3.97. The van der Waals surface area contributed by atoms with Crippen LogP contribution in [0.25, 0.3) is 16.9 Å². The second kappa shape index (κ2) is 8.18. The van der Waals surface area contributed by atoms with Crippen LogP contribution in [-0.2, 0) is 0 Å². The number of anilines is 1. The first-order valence-corrected chi connectivity index (χ1v) is 9.36. The normalized spacial score (nSPS) is 10.6. The van der Waals surface area contributed by atoms with E-state index in [-0.39, 0.29) is 5.69 Å². The van der Waals surface area contributed by atoms with Crippen LogP contribution in [0.5, 0.6) is 0 Å². The van der Waals surface area contributed by atoms with E-state index in [1.165, 1.54) is 18.2 Å². The molecule has 0 unspecified atom stereocenters. The van der Waals surface area contributed by atoms with Crippen LogP contribution in [0.15, 0.2) is 85.1 Å². The average Bonchev–Trinajstić information content (AvgIpc) is 3.20. The number of benzene rings is 3. The van der Waals surface area contributed by atoms with Crippen molar-refractivity contribution < 1.29 is 9.72 Å². The minimum absolute atomic E-state index is 0.108. The van der Waals surface area contributed by atoms with Crippen molar-refractivity contribution in [2.45, 2.75) is 0 Å². The van der Waals surface area contributed by atoms with Crippen molar-refractivity contribution in [3.63, 3.8) is 0 Å². The van der Waals surface area contributed by atoms with Gasteiger partial charge >= 0.3 is 0 Å². The number of rotatable bonds is 5. The van der Waals surface area contributed by atoms with Crippen molar-refractivity contribution in [1.29, 1.82) is 0 Å². The maximum atomic E-state index is 13.1. The van der Waals surface area contributed by atoms with Crippen LogP contribution in [0.4, 0.5) is 11.4 Å². The number of hydrogen-bond donors (Lipinski definition) is 1. The molecule has 8 heteroatoms. The highest BCUT2D eigenvalue weighted by Crippen LogP contribution is 2.27. The minimum Gasteiger partial charge on any atom is -0.322 e. The van der Waals surface area contributed by atoms with Crippen LogP contribution in [0.3, 0.4) is 0 Å². The molecule has 0 radical (unpaired) electrons. The molecular formula is C22H15ClN4O3. The lowest BCUT2D eigenvalue weighted by Gasteiger charge is -2.06. The number of carbonyl (C=O) groups excluding carboxylic acids is 1. The lowest BCUT2D eigenvalue weighted by Crippen LogP contribution is -2.12. The minimum atomic E-state index is -0.513. The van der Waals surface area contributed by atoms with Gasteiger partial charge in [0.05, 0.1) is 16.2 Å². The highest BCUT2D eigenvalue weighted by atomic mass is 35.5. The lowest BCUT2D eigenvalue weighted by atomic mass is 10.1. The van der Waals surface area contributed by atoms with Crippen LogP contribution in [-0.4, -0.2) is 20.6 Å². The van der Waals surface area contributed by atoms with E-state index in [4.69, 9.17) is 11.6 Å². The molecule has 148 valence electrons. The van der Waals surface area contributed by atoms with Gasteiger partial charge in [0, 0.05) is 34.6 Å². The zero-order valence-electron chi connectivity index (χ0n) is 15.5. The van der Waals surface area contributed by atoms with E-state index < -0.39 is 10.8 Å². The van der Waals surface area contributed by atoms with Crippen molar-refractivity contribution >= 4 is 28.9 Å². The van der Waals surface area contributed by atoms with Crippen LogP contribution < -0.4 is 5.32 Å². The number of nitrogens with one attached hydrogen (secondary N) is 1. The summed E-state index contributed by atoms with van der Waals surface area (Å²) >= 11 is 6.13. The van der Waals surface area contributed by atoms with Gasteiger partial charge in [-0.25, -0.2) is 4.68 Å². The Kier molecular flexibility index (Phi) is 5.28. The van der Waals surface area contributed by atoms with Gasteiger partial charge in [-0.15, -0.1) is 0 Å². The third-order valence-electron chi connectivity index (χ3n) is 4.39. The summed E-state index contributed by atoms with van der Waals surface area (Å²) in [5.74, 6) is -0.437. The number of carbonyl (C=O) groups is 1. The molecule has 0 aliphatic heterocycles. The van der Waals surface area contributed by atoms with E-state index >= 15 is 0 Å². The SMILES string of the molecule is O=C(Nc1cccc([N+](=O)[O-])c1)c1cn(-c2ccccc2)nc1-c1cccc(Cl)c1. The number of aromatic nitrogens is 2. The Morgan fingerprint density at radius 3 is 2.50 bits per heavy atom. The fourth-order valence-electron chi connectivity index (χ4n) is 3.00. The smallest absolute Gasteiger partial charge is 0.271 e. The first-order valence-electron chi connectivity index (χ1n) is 8.98. The maximum absolute atomic E-state index is 13.1. The van der Waals surface area contributed by atoms with Gasteiger partial charge in [-0.3, -0.25) is 14.9 Å². The van der Waals surface area contributed by atoms with Crippen molar-refractivity contribution in [3.05, 3.63) is 106 Å². The van der Waals surface area contributed by atoms with Crippen LogP contribution >= 0.6 is 11.6 Å². The summed E-state index contributed by atoms with van der Waals surface area (Å²) in [7, 11) is 0. The van der Waals surface area contributed by atoms with Gasteiger partial charge in [-0.2, -0.15) is 5.10 Å². The van der Waals surface area contributed by atoms with Gasteiger partial charge in [0.2, 0.25) is 0 Å². The molecule has 0 aliphatic rings. The van der Waals surface area contributed by atoms with Gasteiger partial charge in [0.15, 0.2) is 0 Å². The molecule has 1 heterocycles. The topological polar surface area (TPSA) is 90.1 Å². The number of amides is 1. The third-order valence-corrected chi connectivity index (χ3v) is 4.63. The molecule has 4 aromatic rings. The van der Waals surface area contributed by atoms with Gasteiger partial charge in [0.1, 0.15) is 5.69 Å². The van der Waals surface area contributed by atoms with Crippen molar-refractivity contribution in [2.24, 2.45) is 0 Å². The zero-order chi connectivity index (χ0) is 21.1. The van der Waals surface area contributed by atoms with Crippen molar-refractivity contribution in [3.8, 4) is 16.9 Å². The Morgan fingerprint density at radius 2 is 1.77 bits per heavy atom. The molecule has 0 spiro atoms. The van der Waals surface area contributed by atoms with E-state index in [0.717, 1.165) is 5.69 Å². The van der Waals surface area contributed by atoms with Crippen LogP contribution in [0, 0.1) is 10.1 Å². The Balaban J connectivity index is 1.75.